The van der Waals surface area contributed by atoms with Crippen LogP contribution in [0.25, 0.3) is 0 Å². The van der Waals surface area contributed by atoms with Crippen LogP contribution in [-0.4, -0.2) is 117 Å². The Bertz CT molecular complexity index is 1650. The summed E-state index contributed by atoms with van der Waals surface area (Å²) in [5.41, 5.74) is 3.82. The van der Waals surface area contributed by atoms with E-state index in [1.54, 1.807) is 18.1 Å². The molecule has 0 bridgehead atoms. The summed E-state index contributed by atoms with van der Waals surface area (Å²) in [4.78, 5) is 24.0. The first-order valence-electron chi connectivity index (χ1n) is 21.0. The van der Waals surface area contributed by atoms with Crippen molar-refractivity contribution in [3.05, 3.63) is 84.0 Å². The highest BCUT2D eigenvalue weighted by molar-refractivity contribution is 6.02. The number of rotatable bonds is 24. The zero-order chi connectivity index (χ0) is 40.0. The number of allylic oxidation sites excluding steroid dienone is 1. The van der Waals surface area contributed by atoms with Gasteiger partial charge in [0.2, 0.25) is 5.79 Å². The predicted molar refractivity (Wildman–Crippen MR) is 218 cm³/mol. The third-order valence-electron chi connectivity index (χ3n) is 11.7. The lowest BCUT2D eigenvalue weighted by Crippen LogP contribution is -2.70. The molecule has 2 aliphatic heterocycles. The lowest BCUT2D eigenvalue weighted by atomic mass is 9.55. The Morgan fingerprint density at radius 3 is 2.56 bits per heavy atom. The summed E-state index contributed by atoms with van der Waals surface area (Å²) in [6, 6.07) is 15.3. The lowest BCUT2D eigenvalue weighted by molar-refractivity contribution is -0.255. The molecule has 2 aromatic rings. The van der Waals surface area contributed by atoms with Crippen molar-refractivity contribution in [3.8, 4) is 11.5 Å². The minimum Gasteiger partial charge on any atom is -0.492 e. The molecule has 1 saturated heterocycles. The highest BCUT2D eigenvalue weighted by atomic mass is 16.7. The molecule has 2 aliphatic carbocycles. The van der Waals surface area contributed by atoms with Crippen molar-refractivity contribution in [3.63, 3.8) is 0 Å². The maximum atomic E-state index is 14.3. The van der Waals surface area contributed by atoms with E-state index in [0.717, 1.165) is 73.5 Å². The first kappa shape index (κ1) is 42.7. The number of fused-ring (bicyclic) bond motifs is 2. The van der Waals surface area contributed by atoms with E-state index >= 15 is 0 Å². The van der Waals surface area contributed by atoms with Gasteiger partial charge in [-0.2, -0.15) is 0 Å². The van der Waals surface area contributed by atoms with E-state index in [-0.39, 0.29) is 56.7 Å². The second kappa shape index (κ2) is 21.2. The van der Waals surface area contributed by atoms with Gasteiger partial charge in [0.05, 0.1) is 31.5 Å². The fourth-order valence-electron chi connectivity index (χ4n) is 9.09. The van der Waals surface area contributed by atoms with Crippen molar-refractivity contribution < 1.29 is 43.5 Å². The Morgan fingerprint density at radius 1 is 1.05 bits per heavy atom. The molecule has 6 atom stereocenters. The molecule has 2 N–H and O–H groups in total. The minimum atomic E-state index is -1.34. The molecule has 12 heteroatoms. The molecule has 57 heavy (non-hydrogen) atoms. The molecule has 2 fully saturated rings. The van der Waals surface area contributed by atoms with Gasteiger partial charge in [-0.1, -0.05) is 67.4 Å². The van der Waals surface area contributed by atoms with Gasteiger partial charge in [-0.25, -0.2) is 4.79 Å². The zero-order valence-electron chi connectivity index (χ0n) is 33.9. The van der Waals surface area contributed by atoms with Crippen LogP contribution in [0.3, 0.4) is 0 Å². The van der Waals surface area contributed by atoms with Crippen LogP contribution in [-0.2, 0) is 25.7 Å². The van der Waals surface area contributed by atoms with Crippen LogP contribution in [0.15, 0.2) is 78.0 Å². The summed E-state index contributed by atoms with van der Waals surface area (Å²) in [6.45, 7) is 11.3. The summed E-state index contributed by atoms with van der Waals surface area (Å²) in [7, 11) is 1.55. The molecule has 6 unspecified atom stereocenters. The van der Waals surface area contributed by atoms with Gasteiger partial charge in [0.25, 0.3) is 0 Å². The Hall–Kier alpha value is -3.94. The number of carbonyl (C=O) groups excluding carboxylic acids is 1. The van der Waals surface area contributed by atoms with Crippen molar-refractivity contribution in [2.75, 3.05) is 72.9 Å². The van der Waals surface area contributed by atoms with Gasteiger partial charge in [0, 0.05) is 57.3 Å². The van der Waals surface area contributed by atoms with Gasteiger partial charge >= 0.3 is 6.09 Å². The molecule has 312 valence electrons. The molecule has 0 spiro atoms. The second-order valence-electron chi connectivity index (χ2n) is 15.5. The van der Waals surface area contributed by atoms with Crippen LogP contribution >= 0.6 is 0 Å². The molecule has 2 aromatic carbocycles. The van der Waals surface area contributed by atoms with Crippen molar-refractivity contribution in [2.24, 2.45) is 22.9 Å². The number of aliphatic hydroxyl groups is 2. The number of oxime groups is 1. The van der Waals surface area contributed by atoms with Crippen LogP contribution in [0.1, 0.15) is 75.3 Å². The van der Waals surface area contributed by atoms with Gasteiger partial charge < -0.3 is 38.7 Å². The Kier molecular flexibility index (Phi) is 15.8. The number of carbonyl (C=O) groups is 1. The summed E-state index contributed by atoms with van der Waals surface area (Å²) in [6.07, 6.45) is 9.42. The fraction of sp³-hybridized carbons (Fsp3) is 0.600. The molecule has 12 nitrogen and oxygen atoms in total. The third kappa shape index (κ3) is 10.4. The normalized spacial score (nSPS) is 25.4. The van der Waals surface area contributed by atoms with Gasteiger partial charge in [-0.05, 0) is 73.3 Å². The summed E-state index contributed by atoms with van der Waals surface area (Å²) >= 11 is 0. The lowest BCUT2D eigenvalue weighted by Gasteiger charge is -2.59. The topological polar surface area (TPSA) is 132 Å². The number of amides is 1. The van der Waals surface area contributed by atoms with Crippen molar-refractivity contribution in [2.45, 2.75) is 82.6 Å². The number of benzene rings is 2. The van der Waals surface area contributed by atoms with Gasteiger partial charge in [0.15, 0.2) is 0 Å². The monoisotopic (exact) mass is 789 g/mol. The van der Waals surface area contributed by atoms with Crippen LogP contribution in [0, 0.1) is 17.8 Å². The molecular weight excluding hydrogens is 727 g/mol. The smallest absolute Gasteiger partial charge is 0.410 e. The molecule has 6 rings (SSSR count). The van der Waals surface area contributed by atoms with Crippen molar-refractivity contribution in [1.29, 1.82) is 0 Å². The highest BCUT2D eigenvalue weighted by Gasteiger charge is 2.65. The van der Waals surface area contributed by atoms with Crippen molar-refractivity contribution >= 4 is 11.8 Å². The quantitative estimate of drug-likeness (QED) is 0.0512. The van der Waals surface area contributed by atoms with E-state index in [4.69, 9.17) is 28.5 Å². The van der Waals surface area contributed by atoms with E-state index in [1.165, 1.54) is 0 Å². The van der Waals surface area contributed by atoms with Crippen LogP contribution < -0.4 is 9.47 Å². The number of unbranched alkanes of at least 4 members (excludes halogenated alkanes) is 2. The maximum Gasteiger partial charge on any atom is 0.410 e. The van der Waals surface area contributed by atoms with Gasteiger partial charge in [-0.3, -0.25) is 9.80 Å². The van der Waals surface area contributed by atoms with E-state index in [1.807, 2.05) is 49.4 Å². The first-order chi connectivity index (χ1) is 28.0. The van der Waals surface area contributed by atoms with Gasteiger partial charge in [-0.15, -0.1) is 6.58 Å². The van der Waals surface area contributed by atoms with E-state index in [9.17, 15) is 15.0 Å². The highest BCUT2D eigenvalue weighted by Crippen LogP contribution is 2.62. The number of nitrogens with zero attached hydrogens (tertiary/aromatic N) is 3. The van der Waals surface area contributed by atoms with E-state index in [2.05, 4.69) is 28.8 Å². The minimum absolute atomic E-state index is 0.0853. The average Bonchev–Trinajstić information content (AvgIpc) is 4.06. The summed E-state index contributed by atoms with van der Waals surface area (Å²) in [5, 5.41) is 24.3. The zero-order valence-corrected chi connectivity index (χ0v) is 33.9. The standard InChI is InChI=1S/C45H63N3O9/c1-4-19-48(44(51)55-28-27-53-32-33-13-7-6-8-14-33)41-31-39(46-52-3)37-29-34(15-9-11-23-49)36(16-10-12-24-50)42-38-30-35(54-26-22-47-20-21-47)17-18-40(38)57-45(41,43(37)42)56-25-5-2/h5-8,13-14,17-18,29-30,34,36,41-43,49-50H,2,4,9-12,15-16,19-28,31-32H2,1,3H3. The third-order valence-corrected chi connectivity index (χ3v) is 11.7. The van der Waals surface area contributed by atoms with Gasteiger partial charge in [0.1, 0.15) is 37.9 Å². The molecule has 0 aromatic heterocycles. The molecule has 2 heterocycles. The molecule has 4 aliphatic rings. The second-order valence-corrected chi connectivity index (χ2v) is 15.5. The average molecular weight is 790 g/mol. The largest absolute Gasteiger partial charge is 0.492 e. The number of ether oxygens (including phenoxy) is 5. The molecule has 0 radical (unpaired) electrons. The molecular formula is C45H63N3O9. The SMILES string of the molecule is C=CCOC12Oc3ccc(OCCN4CC4)cc3C3C(CCCCO)C(CCCCO)C=C(C(=NOC)CC1N(CCC)C(=O)OCCOCc1ccccc1)C32. The van der Waals surface area contributed by atoms with Crippen LogP contribution in [0.5, 0.6) is 11.5 Å². The maximum absolute atomic E-state index is 14.3. The fourth-order valence-corrected chi connectivity index (χ4v) is 9.09. The van der Waals surface area contributed by atoms with Crippen molar-refractivity contribution in [1.82, 2.24) is 9.80 Å². The Balaban J connectivity index is 1.41. The van der Waals surface area contributed by atoms with E-state index in [0.29, 0.717) is 51.2 Å². The first-order valence-corrected chi connectivity index (χ1v) is 21.0. The number of aliphatic hydroxyl groups excluding tert-OH is 2. The number of hydrogen-bond donors (Lipinski definition) is 2. The van der Waals surface area contributed by atoms with Crippen LogP contribution in [0.4, 0.5) is 4.79 Å². The summed E-state index contributed by atoms with van der Waals surface area (Å²) < 4.78 is 32.4. The summed E-state index contributed by atoms with van der Waals surface area (Å²) in [5.74, 6) is -0.102. The van der Waals surface area contributed by atoms with E-state index < -0.39 is 17.9 Å². The Morgan fingerprint density at radius 2 is 1.84 bits per heavy atom. The predicted octanol–water partition coefficient (Wildman–Crippen LogP) is 6.71. The molecule has 1 amide bonds. The number of hydrogen-bond acceptors (Lipinski definition) is 11. The Labute approximate surface area is 338 Å². The van der Waals surface area contributed by atoms with Crippen LogP contribution in [0.2, 0.25) is 0 Å². The molecule has 1 saturated carbocycles.